The molecule has 2 N–H and O–H groups in total. The lowest BCUT2D eigenvalue weighted by Gasteiger charge is -2.15. The number of methoxy groups -OCH3 is 1. The molecule has 6 nitrogen and oxygen atoms in total. The maximum Gasteiger partial charge on any atom is 0.222 e. The monoisotopic (exact) mass is 255 g/mol. The molecular weight excluding hydrogens is 234 g/mol. The molecule has 1 unspecified atom stereocenters. The molecule has 0 aromatic carbocycles. The van der Waals surface area contributed by atoms with Crippen molar-refractivity contribution in [3.8, 4) is 0 Å². The van der Waals surface area contributed by atoms with E-state index in [1.165, 1.54) is 7.11 Å². The van der Waals surface area contributed by atoms with Gasteiger partial charge in [0.15, 0.2) is 0 Å². The third-order valence-electron chi connectivity index (χ3n) is 2.61. The molecule has 0 aliphatic heterocycles. The quantitative estimate of drug-likeness (QED) is 0.720. The summed E-state index contributed by atoms with van der Waals surface area (Å²) in [5.74, 6) is -0.112. The highest BCUT2D eigenvalue weighted by Crippen LogP contribution is 2.02. The van der Waals surface area contributed by atoms with Crippen LogP contribution in [0.4, 0.5) is 0 Å². The first-order valence-corrected chi connectivity index (χ1v) is 5.97. The Morgan fingerprint density at radius 3 is 2.83 bits per heavy atom. The number of rotatable bonds is 7. The maximum absolute atomic E-state index is 11.7. The van der Waals surface area contributed by atoms with Crippen LogP contribution in [0.1, 0.15) is 17.8 Å². The van der Waals surface area contributed by atoms with E-state index in [0.717, 1.165) is 11.4 Å². The molecule has 0 saturated heterocycles. The molecule has 1 rings (SSSR count). The first-order chi connectivity index (χ1) is 8.56. The molecule has 1 aromatic heterocycles. The molecule has 1 atom stereocenters. The van der Waals surface area contributed by atoms with Gasteiger partial charge in [-0.2, -0.15) is 5.10 Å². The van der Waals surface area contributed by atoms with E-state index in [1.807, 2.05) is 19.9 Å². The molecule has 102 valence electrons. The van der Waals surface area contributed by atoms with E-state index in [1.54, 1.807) is 4.68 Å². The highest BCUT2D eigenvalue weighted by molar-refractivity contribution is 5.76. The zero-order chi connectivity index (χ0) is 13.5. The number of aromatic nitrogens is 2. The van der Waals surface area contributed by atoms with Gasteiger partial charge in [0.2, 0.25) is 5.91 Å². The van der Waals surface area contributed by atoms with E-state index in [9.17, 15) is 4.79 Å². The molecule has 0 saturated carbocycles. The number of aryl methyl sites for hydroxylation is 3. The van der Waals surface area contributed by atoms with Crippen molar-refractivity contribution in [3.05, 3.63) is 17.5 Å². The van der Waals surface area contributed by atoms with Crippen LogP contribution in [-0.2, 0) is 16.1 Å². The van der Waals surface area contributed by atoms with Crippen molar-refractivity contribution in [2.24, 2.45) is 0 Å². The number of hydrogen-bond donors (Lipinski definition) is 2. The Hall–Kier alpha value is -1.40. The van der Waals surface area contributed by atoms with Gasteiger partial charge in [-0.25, -0.2) is 0 Å². The molecule has 0 spiro atoms. The molecule has 6 heteroatoms. The summed E-state index contributed by atoms with van der Waals surface area (Å²) in [5, 5.41) is 16.0. The van der Waals surface area contributed by atoms with Crippen LogP contribution in [-0.4, -0.2) is 47.2 Å². The van der Waals surface area contributed by atoms with E-state index in [2.05, 4.69) is 10.4 Å². The first-order valence-electron chi connectivity index (χ1n) is 5.97. The lowest BCUT2D eigenvalue weighted by molar-refractivity contribution is -0.122. The highest BCUT2D eigenvalue weighted by Gasteiger charge is 2.11. The van der Waals surface area contributed by atoms with Gasteiger partial charge in [0.1, 0.15) is 0 Å². The zero-order valence-corrected chi connectivity index (χ0v) is 11.1. The van der Waals surface area contributed by atoms with Gasteiger partial charge in [0.25, 0.3) is 0 Å². The van der Waals surface area contributed by atoms with Crippen LogP contribution >= 0.6 is 0 Å². The number of aliphatic hydroxyl groups excluding tert-OH is 1. The average Bonchev–Trinajstić information content (AvgIpc) is 2.64. The molecule has 0 bridgehead atoms. The van der Waals surface area contributed by atoms with Crippen molar-refractivity contribution in [3.63, 3.8) is 0 Å². The molecule has 0 aliphatic rings. The summed E-state index contributed by atoms with van der Waals surface area (Å²) in [4.78, 5) is 11.7. The largest absolute Gasteiger partial charge is 0.394 e. The minimum absolute atomic E-state index is 0.112. The Labute approximate surface area is 107 Å². The fourth-order valence-electron chi connectivity index (χ4n) is 1.75. The Morgan fingerprint density at radius 2 is 2.33 bits per heavy atom. The normalized spacial score (nSPS) is 12.4. The van der Waals surface area contributed by atoms with Gasteiger partial charge in [-0.1, -0.05) is 0 Å². The van der Waals surface area contributed by atoms with Crippen molar-refractivity contribution >= 4 is 5.91 Å². The van der Waals surface area contributed by atoms with Crippen molar-refractivity contribution < 1.29 is 14.6 Å². The van der Waals surface area contributed by atoms with Crippen molar-refractivity contribution in [2.75, 3.05) is 20.3 Å². The number of nitrogens with zero attached hydrogens (tertiary/aromatic N) is 2. The number of ether oxygens (including phenoxy) is 1. The van der Waals surface area contributed by atoms with Crippen LogP contribution in [0.5, 0.6) is 0 Å². The van der Waals surface area contributed by atoms with E-state index in [-0.39, 0.29) is 18.6 Å². The lowest BCUT2D eigenvalue weighted by Crippen LogP contribution is -2.40. The van der Waals surface area contributed by atoms with Gasteiger partial charge in [-0.15, -0.1) is 0 Å². The fraction of sp³-hybridized carbons (Fsp3) is 0.667. The topological polar surface area (TPSA) is 76.4 Å². The van der Waals surface area contributed by atoms with Crippen LogP contribution < -0.4 is 5.32 Å². The lowest BCUT2D eigenvalue weighted by atomic mass is 10.3. The summed E-state index contributed by atoms with van der Waals surface area (Å²) in [6.07, 6.45) is 0.335. The fourth-order valence-corrected chi connectivity index (χ4v) is 1.75. The van der Waals surface area contributed by atoms with E-state index in [0.29, 0.717) is 19.6 Å². The van der Waals surface area contributed by atoms with Crippen LogP contribution in [0.15, 0.2) is 6.07 Å². The molecule has 0 radical (unpaired) electrons. The van der Waals surface area contributed by atoms with Crippen molar-refractivity contribution in [2.45, 2.75) is 32.9 Å². The number of carbonyl (C=O) groups is 1. The zero-order valence-electron chi connectivity index (χ0n) is 11.1. The number of amides is 1. The third-order valence-corrected chi connectivity index (χ3v) is 2.61. The van der Waals surface area contributed by atoms with E-state index >= 15 is 0 Å². The summed E-state index contributed by atoms with van der Waals surface area (Å²) in [6, 6.07) is 1.63. The van der Waals surface area contributed by atoms with Crippen molar-refractivity contribution in [1.82, 2.24) is 15.1 Å². The van der Waals surface area contributed by atoms with Crippen LogP contribution in [0.2, 0.25) is 0 Å². The van der Waals surface area contributed by atoms with Gasteiger partial charge in [-0.3, -0.25) is 9.48 Å². The second kappa shape index (κ2) is 7.13. The molecule has 1 aromatic rings. The van der Waals surface area contributed by atoms with Crippen LogP contribution in [0.25, 0.3) is 0 Å². The Kier molecular flexibility index (Phi) is 5.80. The number of hydrogen-bond acceptors (Lipinski definition) is 4. The number of nitrogens with one attached hydrogen (secondary N) is 1. The molecular formula is C12H21N3O3. The van der Waals surface area contributed by atoms with Crippen molar-refractivity contribution in [1.29, 1.82) is 0 Å². The Morgan fingerprint density at radius 1 is 1.61 bits per heavy atom. The highest BCUT2D eigenvalue weighted by atomic mass is 16.5. The second-order valence-corrected chi connectivity index (χ2v) is 4.30. The molecule has 18 heavy (non-hydrogen) atoms. The number of aliphatic hydroxyl groups is 1. The number of carbonyl (C=O) groups excluding carboxylic acids is 1. The Bertz CT molecular complexity index is 390. The molecule has 1 heterocycles. The molecule has 1 amide bonds. The minimum atomic E-state index is -0.344. The van der Waals surface area contributed by atoms with Gasteiger partial charge in [0, 0.05) is 25.8 Å². The van der Waals surface area contributed by atoms with Crippen LogP contribution in [0.3, 0.4) is 0 Å². The predicted molar refractivity (Wildman–Crippen MR) is 67.2 cm³/mol. The molecule has 0 fully saturated rings. The third kappa shape index (κ3) is 4.46. The summed E-state index contributed by atoms with van der Waals surface area (Å²) < 4.78 is 6.69. The summed E-state index contributed by atoms with van der Waals surface area (Å²) in [6.45, 7) is 4.60. The van der Waals surface area contributed by atoms with Gasteiger partial charge in [0.05, 0.1) is 24.9 Å². The summed E-state index contributed by atoms with van der Waals surface area (Å²) >= 11 is 0. The average molecular weight is 255 g/mol. The standard InChI is InChI=1S/C12H21N3O3/c1-9-6-10(2)15(14-9)5-4-12(17)13-11(7-16)8-18-3/h6,11,16H,4-5,7-8H2,1-3H3,(H,13,17). The molecule has 0 aliphatic carbocycles. The van der Waals surface area contributed by atoms with Gasteiger partial charge in [-0.05, 0) is 19.9 Å². The van der Waals surface area contributed by atoms with Gasteiger partial charge >= 0.3 is 0 Å². The SMILES string of the molecule is COCC(CO)NC(=O)CCn1nc(C)cc1C. The van der Waals surface area contributed by atoms with E-state index < -0.39 is 0 Å². The predicted octanol–water partition coefficient (Wildman–Crippen LogP) is 0.0135. The summed E-state index contributed by atoms with van der Waals surface area (Å²) in [7, 11) is 1.53. The summed E-state index contributed by atoms with van der Waals surface area (Å²) in [5.41, 5.74) is 1.98. The van der Waals surface area contributed by atoms with E-state index in [4.69, 9.17) is 9.84 Å². The minimum Gasteiger partial charge on any atom is -0.394 e. The first kappa shape index (κ1) is 14.7. The second-order valence-electron chi connectivity index (χ2n) is 4.30. The van der Waals surface area contributed by atoms with Gasteiger partial charge < -0.3 is 15.2 Å². The Balaban J connectivity index is 2.39. The van der Waals surface area contributed by atoms with Crippen LogP contribution in [0, 0.1) is 13.8 Å². The maximum atomic E-state index is 11.7. The smallest absolute Gasteiger partial charge is 0.222 e.